The molecule has 0 radical (unpaired) electrons. The number of aliphatic hydroxyl groups excluding tert-OH is 14. The third-order valence-electron chi connectivity index (χ3n) is 42.9. The van der Waals surface area contributed by atoms with Crippen LogP contribution in [0.25, 0.3) is 0 Å². The second-order valence-electron chi connectivity index (χ2n) is 48.2. The zero-order chi connectivity index (χ0) is 92.2. The van der Waals surface area contributed by atoms with E-state index in [2.05, 4.69) is 83.1 Å². The molecular weight excluding hydrogens is 1650 g/mol. The number of carbonyl (C=O) groups is 4. The van der Waals surface area contributed by atoms with E-state index in [1.807, 2.05) is 0 Å². The third-order valence-corrected chi connectivity index (χ3v) is 42.9. The van der Waals surface area contributed by atoms with E-state index in [0.29, 0.717) is 86.2 Å². The van der Waals surface area contributed by atoms with E-state index in [1.165, 1.54) is 12.8 Å². The van der Waals surface area contributed by atoms with Gasteiger partial charge in [0, 0.05) is 37.1 Å². The summed E-state index contributed by atoms with van der Waals surface area (Å²) >= 11 is 0. The molecule has 127 heavy (non-hydrogen) atoms. The first-order valence-corrected chi connectivity index (χ1v) is 51.4. The maximum absolute atomic E-state index is 11.5. The summed E-state index contributed by atoms with van der Waals surface area (Å²) in [4.78, 5) is 43.8. The Balaban J connectivity index is 0.000000158. The van der Waals surface area contributed by atoms with Gasteiger partial charge in [0.2, 0.25) is 0 Å². The van der Waals surface area contributed by atoms with Gasteiger partial charge < -0.3 is 111 Å². The molecule has 16 fully saturated rings. The van der Waals surface area contributed by atoms with Gasteiger partial charge in [0.25, 0.3) is 0 Å². The van der Waals surface area contributed by atoms with Gasteiger partial charge in [0.1, 0.15) is 0 Å². The minimum atomic E-state index is -0.998. The van der Waals surface area contributed by atoms with E-state index in [0.717, 1.165) is 205 Å². The molecule has 0 heterocycles. The van der Waals surface area contributed by atoms with Crippen molar-refractivity contribution in [1.29, 1.82) is 0 Å². The van der Waals surface area contributed by atoms with E-state index in [-0.39, 0.29) is 234 Å². The standard InChI is InChI=1S/4C24H40O5.C8H18O2.Ti/c4*1-13(4-7-21(28)29)16-5-6-17-22-18(12-20(27)24(16,17)3)23(2)9-8-15(25)10-14(23)11-19(22)26;9-7-5-3-1-2-4-6-8-10;/h4*13-20,22,25-27H,4-12H2,1-3H3,(H,28,29);9-10H,1-8H2;/q;;;;;+4/p-4/t4*13-,14+,15-,16-,17?,18?,19-,20+,22?,23+,24-;;/m1111../s1. The molecule has 726 valence electrons. The van der Waals surface area contributed by atoms with Crippen LogP contribution in [-0.4, -0.2) is 182 Å². The Morgan fingerprint density at radius 2 is 0.465 bits per heavy atom. The molecule has 0 spiro atoms. The van der Waals surface area contributed by atoms with Gasteiger partial charge in [-0.1, -0.05) is 109 Å². The van der Waals surface area contributed by atoms with Crippen molar-refractivity contribution in [3.8, 4) is 0 Å². The number of carboxylic acids is 4. The van der Waals surface area contributed by atoms with Crippen molar-refractivity contribution < 1.29 is 133 Å². The fourth-order valence-electron chi connectivity index (χ4n) is 35.6. The van der Waals surface area contributed by atoms with Gasteiger partial charge in [-0.15, -0.1) is 0 Å². The van der Waals surface area contributed by atoms with Gasteiger partial charge in [-0.3, -0.25) is 0 Å². The summed E-state index contributed by atoms with van der Waals surface area (Å²) in [6, 6.07) is 0. The Morgan fingerprint density at radius 3 is 0.646 bits per heavy atom. The van der Waals surface area contributed by atoms with Crippen LogP contribution in [0.1, 0.15) is 353 Å². The van der Waals surface area contributed by atoms with Gasteiger partial charge in [0.05, 0.1) is 73.2 Å². The largest absolute Gasteiger partial charge is 4.00 e. The first kappa shape index (κ1) is 105. The summed E-state index contributed by atoms with van der Waals surface area (Å²) in [5.41, 5.74) is -0.687. The first-order chi connectivity index (χ1) is 59.3. The van der Waals surface area contributed by atoms with Crippen molar-refractivity contribution in [3.05, 3.63) is 0 Å². The molecule has 12 unspecified atom stereocenters. The van der Waals surface area contributed by atoms with E-state index in [9.17, 15) is 101 Å². The predicted molar refractivity (Wildman–Crippen MR) is 472 cm³/mol. The number of carboxylic acid groups (broad SMARTS) is 4. The molecule has 16 aliphatic rings. The Bertz CT molecular complexity index is 3130. The molecule has 16 aliphatic carbocycles. The molecule has 0 aromatic heterocycles. The van der Waals surface area contributed by atoms with E-state index in [4.69, 9.17) is 10.2 Å². The summed E-state index contributed by atoms with van der Waals surface area (Å²) in [5, 5.41) is 192. The van der Waals surface area contributed by atoms with Gasteiger partial charge in [-0.2, -0.15) is 0 Å². The summed E-state index contributed by atoms with van der Waals surface area (Å²) in [6.07, 6.45) is 29.4. The van der Waals surface area contributed by atoms with Gasteiger partial charge >= 0.3 is 21.7 Å². The molecule has 0 amide bonds. The maximum atomic E-state index is 11.5. The van der Waals surface area contributed by atoms with Crippen molar-refractivity contribution in [2.45, 2.75) is 426 Å². The van der Waals surface area contributed by atoms with Crippen molar-refractivity contribution in [3.63, 3.8) is 0 Å². The van der Waals surface area contributed by atoms with Crippen molar-refractivity contribution in [2.75, 3.05) is 13.2 Å². The van der Waals surface area contributed by atoms with Crippen LogP contribution in [0.3, 0.4) is 0 Å². The van der Waals surface area contributed by atoms with Crippen molar-refractivity contribution in [1.82, 2.24) is 0 Å². The number of fused-ring (bicyclic) bond motifs is 20. The quantitative estimate of drug-likeness (QED) is 0.0334. The van der Waals surface area contributed by atoms with Crippen LogP contribution in [-0.2, 0) is 40.9 Å². The van der Waals surface area contributed by atoms with Crippen molar-refractivity contribution >= 4 is 23.9 Å². The van der Waals surface area contributed by atoms with Crippen LogP contribution in [0.5, 0.6) is 0 Å². The molecule has 0 bridgehead atoms. The Morgan fingerprint density at radius 1 is 0.276 bits per heavy atom. The maximum Gasteiger partial charge on any atom is 4.00 e. The molecule has 0 aromatic carbocycles. The smallest absolute Gasteiger partial charge is 0.550 e. The first-order valence-electron chi connectivity index (χ1n) is 51.4. The molecule has 22 nitrogen and oxygen atoms in total. The number of hydrogen-bond acceptors (Lipinski definition) is 22. The van der Waals surface area contributed by atoms with Crippen molar-refractivity contribution in [2.24, 2.45) is 185 Å². The average Bonchev–Trinajstić information content (AvgIpc) is 1.67. The van der Waals surface area contributed by atoms with Crippen LogP contribution < -0.4 is 20.4 Å². The monoisotopic (exact) mass is 1820 g/mol. The number of unbranched alkanes of at least 4 members (excludes halogenated alkanes) is 5. The third kappa shape index (κ3) is 20.4. The Hall–Kier alpha value is -1.97. The molecule has 0 aromatic rings. The van der Waals surface area contributed by atoms with Crippen LogP contribution in [0.15, 0.2) is 0 Å². The molecule has 0 aliphatic heterocycles. The zero-order valence-corrected chi connectivity index (χ0v) is 81.5. The normalized spacial score (nSPS) is 49.1. The van der Waals surface area contributed by atoms with Gasteiger partial charge in [0.15, 0.2) is 0 Å². The predicted octanol–water partition coefficient (Wildman–Crippen LogP) is 9.77. The molecular formula is C104H174O22Ti. The van der Waals surface area contributed by atoms with Crippen LogP contribution in [0.2, 0.25) is 0 Å². The van der Waals surface area contributed by atoms with E-state index >= 15 is 0 Å². The van der Waals surface area contributed by atoms with Gasteiger partial charge in [-0.25, -0.2) is 0 Å². The Labute approximate surface area is 776 Å². The van der Waals surface area contributed by atoms with Crippen LogP contribution in [0.4, 0.5) is 0 Å². The minimum absolute atomic E-state index is 0. The van der Waals surface area contributed by atoms with E-state index < -0.39 is 48.3 Å². The second kappa shape index (κ2) is 42.6. The SMILES string of the molecule is C[C@H](CCC(=O)[O-])[C@H]1CCC2C3C(C[C@H](O)[C@@]21C)[C@@]1(C)CC[C@@H](O)C[C@H]1C[C@H]3O.C[C@H](CCC(=O)[O-])[C@H]1CCC2C3C(C[C@H](O)[C@@]21C)[C@@]1(C)CC[C@@H](O)C[C@H]1C[C@H]3O.C[C@H](CCC(=O)[O-])[C@H]1CCC2C3C(C[C@H](O)[C@@]21C)[C@@]1(C)CC[C@@H](O)C[C@H]1C[C@H]3O.C[C@H](CCC(=O)[O-])[C@H]1CCC2C3C(C[C@H](O)[C@@]21C)[C@@]1(C)CC[C@@H](O)C[C@H]1C[C@H]3O.OCCCCCCCCO.[Ti+4]. The fraction of sp³-hybridized carbons (Fsp3) is 0.962. The summed E-state index contributed by atoms with van der Waals surface area (Å²) < 4.78 is 0. The Kier molecular flexibility index (Phi) is 35.4. The topological polar surface area (TPSA) is 444 Å². The minimum Gasteiger partial charge on any atom is -0.550 e. The summed E-state index contributed by atoms with van der Waals surface area (Å²) in [7, 11) is 0. The fourth-order valence-corrected chi connectivity index (χ4v) is 35.6. The summed E-state index contributed by atoms with van der Waals surface area (Å²) in [5.74, 6) is 2.54. The van der Waals surface area contributed by atoms with Gasteiger partial charge in [-0.05, 0) is 429 Å². The second-order valence-corrected chi connectivity index (χ2v) is 48.2. The molecule has 16 rings (SSSR count). The number of aliphatic carboxylic acids is 4. The molecule has 44 atom stereocenters. The molecule has 14 N–H and O–H groups in total. The number of carbonyl (C=O) groups excluding carboxylic acids is 4. The zero-order valence-electron chi connectivity index (χ0n) is 79.9. The van der Waals surface area contributed by atoms with Crippen LogP contribution >= 0.6 is 0 Å². The molecule has 16 saturated carbocycles. The number of rotatable bonds is 23. The number of aliphatic hydroxyl groups is 14. The van der Waals surface area contributed by atoms with E-state index in [1.54, 1.807) is 0 Å². The molecule has 23 heteroatoms. The summed E-state index contributed by atoms with van der Waals surface area (Å²) in [6.45, 7) is 27.3. The number of hydrogen-bond donors (Lipinski definition) is 14. The van der Waals surface area contributed by atoms with Crippen LogP contribution in [0, 0.1) is 185 Å². The average molecular weight is 1820 g/mol. The molecule has 0 saturated heterocycles.